The van der Waals surface area contributed by atoms with E-state index in [1.165, 1.54) is 12.1 Å². The number of barbiturate groups is 1. The molecule has 1 aromatic heterocycles. The van der Waals surface area contributed by atoms with Crippen molar-refractivity contribution in [2.24, 2.45) is 0 Å². The summed E-state index contributed by atoms with van der Waals surface area (Å²) in [7, 11) is 0. The van der Waals surface area contributed by atoms with Gasteiger partial charge in [-0.2, -0.15) is 0 Å². The molecule has 1 aliphatic rings. The summed E-state index contributed by atoms with van der Waals surface area (Å²) in [6, 6.07) is 12.7. The zero-order valence-corrected chi connectivity index (χ0v) is 19.1. The van der Waals surface area contributed by atoms with Crippen molar-refractivity contribution in [3.05, 3.63) is 92.3 Å². The van der Waals surface area contributed by atoms with Crippen LogP contribution < -0.4 is 10.2 Å². The van der Waals surface area contributed by atoms with Crippen LogP contribution in [0.15, 0.2) is 54.1 Å². The Morgan fingerprint density at radius 1 is 0.912 bits per heavy atom. The third-order valence-electron chi connectivity index (χ3n) is 5.81. The summed E-state index contributed by atoms with van der Waals surface area (Å²) < 4.78 is 1.81. The Hall–Kier alpha value is -4.53. The van der Waals surface area contributed by atoms with Gasteiger partial charge in [-0.3, -0.25) is 25.0 Å². The number of rotatable bonds is 4. The van der Waals surface area contributed by atoms with Gasteiger partial charge in [-0.1, -0.05) is 23.8 Å². The molecule has 0 spiro atoms. The minimum Gasteiger partial charge on any atom is -0.318 e. The average Bonchev–Trinajstić information content (AvgIpc) is 3.05. The van der Waals surface area contributed by atoms with Crippen molar-refractivity contribution >= 4 is 35.3 Å². The van der Waals surface area contributed by atoms with Gasteiger partial charge in [0.1, 0.15) is 5.57 Å². The van der Waals surface area contributed by atoms with Crippen molar-refractivity contribution in [1.29, 1.82) is 0 Å². The minimum absolute atomic E-state index is 0.000933. The van der Waals surface area contributed by atoms with Crippen LogP contribution in [0.25, 0.3) is 11.8 Å². The Kier molecular flexibility index (Phi) is 5.62. The normalized spacial score (nSPS) is 15.1. The molecule has 1 aliphatic heterocycles. The maximum Gasteiger partial charge on any atom is 0.335 e. The summed E-state index contributed by atoms with van der Waals surface area (Å²) in [6.45, 7) is 7.17. The van der Waals surface area contributed by atoms with Crippen LogP contribution in [0.3, 0.4) is 0 Å². The number of carbonyl (C=O) groups excluding carboxylic acids is 3. The van der Waals surface area contributed by atoms with Crippen molar-refractivity contribution in [1.82, 2.24) is 9.88 Å². The van der Waals surface area contributed by atoms with E-state index in [0.29, 0.717) is 28.2 Å². The standard InChI is InChI=1S/C25H22N4O5/c1-14-5-8-19(9-6-14)28-24(31)21(23(30)26-25(28)32)12-18-11-16(3)27(17(18)4)20-10-7-15(2)22(13-20)29(33)34/h5-13H,1-4H3,(H,26,30,32)/b21-12+. The van der Waals surface area contributed by atoms with Crippen LogP contribution in [0.2, 0.25) is 0 Å². The summed E-state index contributed by atoms with van der Waals surface area (Å²) in [5, 5.41) is 13.6. The second kappa shape index (κ2) is 8.43. The average molecular weight is 458 g/mol. The van der Waals surface area contributed by atoms with Gasteiger partial charge in [-0.15, -0.1) is 0 Å². The lowest BCUT2D eigenvalue weighted by Gasteiger charge is -2.26. The van der Waals surface area contributed by atoms with Crippen LogP contribution in [0, 0.1) is 37.8 Å². The first-order valence-corrected chi connectivity index (χ1v) is 10.5. The van der Waals surface area contributed by atoms with Crippen molar-refractivity contribution in [2.45, 2.75) is 27.7 Å². The molecule has 34 heavy (non-hydrogen) atoms. The van der Waals surface area contributed by atoms with Crippen molar-refractivity contribution < 1.29 is 19.3 Å². The zero-order valence-electron chi connectivity index (χ0n) is 19.1. The van der Waals surface area contributed by atoms with Crippen LogP contribution in [0.1, 0.15) is 28.1 Å². The second-order valence-corrected chi connectivity index (χ2v) is 8.18. The van der Waals surface area contributed by atoms with Gasteiger partial charge in [0.2, 0.25) is 0 Å². The van der Waals surface area contributed by atoms with Gasteiger partial charge in [0, 0.05) is 23.0 Å². The quantitative estimate of drug-likeness (QED) is 0.271. The molecule has 9 heteroatoms. The summed E-state index contributed by atoms with van der Waals surface area (Å²) in [5.74, 6) is -1.51. The molecule has 1 saturated heterocycles. The first kappa shape index (κ1) is 22.7. The van der Waals surface area contributed by atoms with E-state index in [4.69, 9.17) is 0 Å². The molecule has 0 radical (unpaired) electrons. The lowest BCUT2D eigenvalue weighted by atomic mass is 10.1. The molecule has 1 fully saturated rings. The SMILES string of the molecule is Cc1ccc(N2C(=O)NC(=O)/C(=C\c3cc(C)n(-c4ccc(C)c([N+](=O)[O-])c4)c3C)C2=O)cc1. The van der Waals surface area contributed by atoms with Crippen LogP contribution in [0.5, 0.6) is 0 Å². The fraction of sp³-hybridized carbons (Fsp3) is 0.160. The Bertz CT molecular complexity index is 1400. The van der Waals surface area contributed by atoms with Crippen molar-refractivity contribution in [3.8, 4) is 5.69 Å². The van der Waals surface area contributed by atoms with Gasteiger partial charge >= 0.3 is 6.03 Å². The van der Waals surface area contributed by atoms with Gasteiger partial charge in [0.25, 0.3) is 17.5 Å². The molecule has 0 bridgehead atoms. The number of aryl methyl sites for hydroxylation is 3. The second-order valence-electron chi connectivity index (χ2n) is 8.18. The summed E-state index contributed by atoms with van der Waals surface area (Å²) in [6.07, 6.45) is 1.44. The highest BCUT2D eigenvalue weighted by atomic mass is 16.6. The number of aromatic nitrogens is 1. The number of nitro groups is 1. The van der Waals surface area contributed by atoms with E-state index in [0.717, 1.165) is 16.2 Å². The van der Waals surface area contributed by atoms with Crippen LogP contribution in [0.4, 0.5) is 16.2 Å². The highest BCUT2D eigenvalue weighted by Gasteiger charge is 2.37. The molecule has 9 nitrogen and oxygen atoms in total. The molecular formula is C25H22N4O5. The third kappa shape index (κ3) is 3.88. The molecule has 1 N–H and O–H groups in total. The predicted molar refractivity (Wildman–Crippen MR) is 127 cm³/mol. The van der Waals surface area contributed by atoms with E-state index < -0.39 is 22.8 Å². The monoisotopic (exact) mass is 458 g/mol. The first-order valence-electron chi connectivity index (χ1n) is 10.5. The number of nitrogens with zero attached hydrogens (tertiary/aromatic N) is 3. The number of urea groups is 1. The van der Waals surface area contributed by atoms with Gasteiger partial charge in [0.15, 0.2) is 0 Å². The highest BCUT2D eigenvalue weighted by Crippen LogP contribution is 2.28. The lowest BCUT2D eigenvalue weighted by Crippen LogP contribution is -2.54. The van der Waals surface area contributed by atoms with Gasteiger partial charge in [0.05, 0.1) is 16.3 Å². The third-order valence-corrected chi connectivity index (χ3v) is 5.81. The maximum absolute atomic E-state index is 13.2. The Balaban J connectivity index is 1.77. The van der Waals surface area contributed by atoms with Crippen molar-refractivity contribution in [2.75, 3.05) is 4.90 Å². The molecule has 172 valence electrons. The van der Waals surface area contributed by atoms with Gasteiger partial charge in [-0.05, 0) is 63.6 Å². The lowest BCUT2D eigenvalue weighted by molar-refractivity contribution is -0.385. The Morgan fingerprint density at radius 2 is 1.56 bits per heavy atom. The number of anilines is 1. The molecular weight excluding hydrogens is 436 g/mol. The Labute approximate surface area is 195 Å². The minimum atomic E-state index is -0.812. The fourth-order valence-electron chi connectivity index (χ4n) is 4.01. The van der Waals surface area contributed by atoms with Crippen LogP contribution >= 0.6 is 0 Å². The van der Waals surface area contributed by atoms with Crippen LogP contribution in [-0.2, 0) is 9.59 Å². The van der Waals surface area contributed by atoms with Crippen molar-refractivity contribution in [3.63, 3.8) is 0 Å². The molecule has 0 saturated carbocycles. The van der Waals surface area contributed by atoms with Gasteiger partial charge in [-0.25, -0.2) is 9.69 Å². The fourth-order valence-corrected chi connectivity index (χ4v) is 4.01. The van der Waals surface area contributed by atoms with E-state index in [-0.39, 0.29) is 11.3 Å². The summed E-state index contributed by atoms with van der Waals surface area (Å²) >= 11 is 0. The molecule has 3 aromatic rings. The van der Waals surface area contributed by atoms with E-state index >= 15 is 0 Å². The molecule has 4 rings (SSSR count). The molecule has 2 aromatic carbocycles. The molecule has 0 unspecified atom stereocenters. The largest absolute Gasteiger partial charge is 0.335 e. The maximum atomic E-state index is 13.2. The number of amides is 4. The number of hydrogen-bond donors (Lipinski definition) is 1. The molecule has 0 atom stereocenters. The number of nitro benzene ring substituents is 1. The predicted octanol–water partition coefficient (Wildman–Crippen LogP) is 4.29. The number of carbonyl (C=O) groups is 3. The zero-order chi connectivity index (χ0) is 24.7. The smallest absolute Gasteiger partial charge is 0.318 e. The number of nitrogens with one attached hydrogen (secondary N) is 1. The summed E-state index contributed by atoms with van der Waals surface area (Å²) in [4.78, 5) is 50.0. The summed E-state index contributed by atoms with van der Waals surface area (Å²) in [5.41, 5.74) is 4.29. The van der Waals surface area contributed by atoms with E-state index in [9.17, 15) is 24.5 Å². The Morgan fingerprint density at radius 3 is 2.21 bits per heavy atom. The molecule has 4 amide bonds. The number of benzene rings is 2. The van der Waals surface area contributed by atoms with Gasteiger partial charge < -0.3 is 4.57 Å². The first-order chi connectivity index (χ1) is 16.1. The van der Waals surface area contributed by atoms with E-state index in [1.807, 2.05) is 18.4 Å². The topological polar surface area (TPSA) is 115 Å². The van der Waals surface area contributed by atoms with E-state index in [1.54, 1.807) is 56.3 Å². The highest BCUT2D eigenvalue weighted by molar-refractivity contribution is 6.39. The number of hydrogen-bond acceptors (Lipinski definition) is 5. The van der Waals surface area contributed by atoms with E-state index in [2.05, 4.69) is 5.32 Å². The molecule has 2 heterocycles. The number of imide groups is 2. The van der Waals surface area contributed by atoms with Crippen LogP contribution in [-0.4, -0.2) is 27.3 Å². The molecule has 0 aliphatic carbocycles.